The van der Waals surface area contributed by atoms with E-state index in [0.717, 1.165) is 5.56 Å². The molecule has 0 aliphatic heterocycles. The summed E-state index contributed by atoms with van der Waals surface area (Å²) in [5, 5.41) is 9.56. The van der Waals surface area contributed by atoms with Crippen LogP contribution in [0.1, 0.15) is 18.1 Å². The number of carbonyl (C=O) groups is 1. The first-order valence-corrected chi connectivity index (χ1v) is 4.43. The minimum Gasteiger partial charge on any atom is -0.508 e. The van der Waals surface area contributed by atoms with Gasteiger partial charge in [-0.3, -0.25) is 4.79 Å². The summed E-state index contributed by atoms with van der Waals surface area (Å²) < 4.78 is 4.98. The van der Waals surface area contributed by atoms with Crippen molar-refractivity contribution in [3.8, 4) is 5.75 Å². The predicted molar refractivity (Wildman–Crippen MR) is 53.2 cm³/mol. The van der Waals surface area contributed by atoms with E-state index in [4.69, 9.17) is 4.74 Å². The smallest absolute Gasteiger partial charge is 0.134 e. The van der Waals surface area contributed by atoms with Gasteiger partial charge in [-0.15, -0.1) is 0 Å². The Hall–Kier alpha value is -1.35. The molecular formula is C11H14O3. The summed E-state index contributed by atoms with van der Waals surface area (Å²) >= 11 is 0. The molecule has 1 N–H and O–H groups in total. The number of carbonyl (C=O) groups excluding carboxylic acids is 1. The Morgan fingerprint density at radius 3 is 2.79 bits per heavy atom. The van der Waals surface area contributed by atoms with Gasteiger partial charge < -0.3 is 9.84 Å². The molecule has 0 fully saturated rings. The van der Waals surface area contributed by atoms with Gasteiger partial charge in [-0.05, 0) is 18.6 Å². The number of ether oxygens (including phenoxy) is 1. The van der Waals surface area contributed by atoms with Crippen molar-refractivity contribution in [3.05, 3.63) is 29.3 Å². The number of benzene rings is 1. The van der Waals surface area contributed by atoms with E-state index in [0.29, 0.717) is 12.2 Å². The third-order valence-corrected chi connectivity index (χ3v) is 1.97. The van der Waals surface area contributed by atoms with Crippen LogP contribution in [0.4, 0.5) is 0 Å². The summed E-state index contributed by atoms with van der Waals surface area (Å²) in [5.74, 6) is 0.193. The van der Waals surface area contributed by atoms with Crippen LogP contribution < -0.4 is 0 Å². The standard InChI is InChI=1S/C11H14O3/c1-8(12)6-10-9(7-14-2)4-3-5-11(10)13/h3-5,13H,6-7H2,1-2H3. The van der Waals surface area contributed by atoms with E-state index in [1.54, 1.807) is 19.2 Å². The number of hydrogen-bond acceptors (Lipinski definition) is 3. The first-order chi connectivity index (χ1) is 6.65. The van der Waals surface area contributed by atoms with Gasteiger partial charge in [0, 0.05) is 19.1 Å². The highest BCUT2D eigenvalue weighted by molar-refractivity contribution is 5.79. The van der Waals surface area contributed by atoms with Gasteiger partial charge in [-0.25, -0.2) is 0 Å². The molecule has 0 saturated carbocycles. The Bertz CT molecular complexity index is 331. The lowest BCUT2D eigenvalue weighted by Gasteiger charge is -2.08. The number of hydrogen-bond donors (Lipinski definition) is 1. The molecule has 3 heteroatoms. The molecule has 0 radical (unpaired) electrons. The zero-order chi connectivity index (χ0) is 10.6. The first-order valence-electron chi connectivity index (χ1n) is 4.43. The van der Waals surface area contributed by atoms with E-state index in [2.05, 4.69) is 0 Å². The third kappa shape index (κ3) is 2.57. The highest BCUT2D eigenvalue weighted by atomic mass is 16.5. The highest BCUT2D eigenvalue weighted by Crippen LogP contribution is 2.22. The van der Waals surface area contributed by atoms with Crippen molar-refractivity contribution in [2.45, 2.75) is 20.0 Å². The van der Waals surface area contributed by atoms with Crippen molar-refractivity contribution in [1.82, 2.24) is 0 Å². The topological polar surface area (TPSA) is 46.5 Å². The summed E-state index contributed by atoms with van der Waals surface area (Å²) in [6, 6.07) is 5.17. The van der Waals surface area contributed by atoms with E-state index >= 15 is 0 Å². The molecule has 1 aromatic rings. The van der Waals surface area contributed by atoms with Crippen LogP contribution in [-0.4, -0.2) is 18.0 Å². The van der Waals surface area contributed by atoms with E-state index in [-0.39, 0.29) is 18.0 Å². The van der Waals surface area contributed by atoms with Crippen molar-refractivity contribution in [2.75, 3.05) is 7.11 Å². The van der Waals surface area contributed by atoms with E-state index < -0.39 is 0 Å². The molecule has 0 bridgehead atoms. The molecule has 0 spiro atoms. The molecule has 1 rings (SSSR count). The summed E-state index contributed by atoms with van der Waals surface area (Å²) in [4.78, 5) is 11.0. The van der Waals surface area contributed by atoms with Crippen LogP contribution in [0.15, 0.2) is 18.2 Å². The van der Waals surface area contributed by atoms with Gasteiger partial charge in [0.25, 0.3) is 0 Å². The second-order valence-corrected chi connectivity index (χ2v) is 3.23. The maximum atomic E-state index is 11.0. The van der Waals surface area contributed by atoms with Gasteiger partial charge in [-0.1, -0.05) is 12.1 Å². The van der Waals surface area contributed by atoms with Gasteiger partial charge >= 0.3 is 0 Å². The molecule has 3 nitrogen and oxygen atoms in total. The number of ketones is 1. The lowest BCUT2D eigenvalue weighted by molar-refractivity contribution is -0.116. The molecule has 0 unspecified atom stereocenters. The van der Waals surface area contributed by atoms with Crippen LogP contribution in [0.3, 0.4) is 0 Å². The summed E-state index contributed by atoms with van der Waals surface area (Å²) in [7, 11) is 1.58. The number of methoxy groups -OCH3 is 1. The van der Waals surface area contributed by atoms with E-state index in [9.17, 15) is 9.90 Å². The molecule has 0 aliphatic rings. The highest BCUT2D eigenvalue weighted by Gasteiger charge is 2.09. The molecular weight excluding hydrogens is 180 g/mol. The maximum Gasteiger partial charge on any atom is 0.134 e. The Morgan fingerprint density at radius 2 is 2.21 bits per heavy atom. The van der Waals surface area contributed by atoms with Crippen LogP contribution in [0.2, 0.25) is 0 Å². The zero-order valence-electron chi connectivity index (χ0n) is 8.41. The molecule has 76 valence electrons. The van der Waals surface area contributed by atoms with E-state index in [1.165, 1.54) is 6.92 Å². The van der Waals surface area contributed by atoms with Gasteiger partial charge in [-0.2, -0.15) is 0 Å². The van der Waals surface area contributed by atoms with Gasteiger partial charge in [0.1, 0.15) is 11.5 Å². The summed E-state index contributed by atoms with van der Waals surface area (Å²) in [6.07, 6.45) is 0.255. The molecule has 0 saturated heterocycles. The SMILES string of the molecule is COCc1cccc(O)c1CC(C)=O. The second-order valence-electron chi connectivity index (χ2n) is 3.23. The predicted octanol–water partition coefficient (Wildman–Crippen LogP) is 1.67. The first kappa shape index (κ1) is 10.7. The van der Waals surface area contributed by atoms with Crippen molar-refractivity contribution in [3.63, 3.8) is 0 Å². The quantitative estimate of drug-likeness (QED) is 0.793. The minimum absolute atomic E-state index is 0.0313. The largest absolute Gasteiger partial charge is 0.508 e. The lowest BCUT2D eigenvalue weighted by atomic mass is 10.0. The minimum atomic E-state index is 0.0313. The van der Waals surface area contributed by atoms with Crippen LogP contribution in [-0.2, 0) is 22.6 Å². The van der Waals surface area contributed by atoms with Gasteiger partial charge in [0.15, 0.2) is 0 Å². The van der Waals surface area contributed by atoms with Crippen molar-refractivity contribution in [1.29, 1.82) is 0 Å². The second kappa shape index (κ2) is 4.77. The van der Waals surface area contributed by atoms with Crippen LogP contribution >= 0.6 is 0 Å². The van der Waals surface area contributed by atoms with Crippen LogP contribution in [0.25, 0.3) is 0 Å². The Labute approximate surface area is 83.3 Å². The molecule has 0 amide bonds. The average Bonchev–Trinajstić information content (AvgIpc) is 2.11. The Kier molecular flexibility index (Phi) is 3.65. The Morgan fingerprint density at radius 1 is 1.50 bits per heavy atom. The zero-order valence-corrected chi connectivity index (χ0v) is 8.41. The third-order valence-electron chi connectivity index (χ3n) is 1.97. The summed E-state index contributed by atoms with van der Waals surface area (Å²) in [5.41, 5.74) is 1.53. The fraction of sp³-hybridized carbons (Fsp3) is 0.364. The Balaban J connectivity index is 3.02. The van der Waals surface area contributed by atoms with E-state index in [1.807, 2.05) is 6.07 Å². The maximum absolute atomic E-state index is 11.0. The molecule has 0 aromatic heterocycles. The average molecular weight is 194 g/mol. The number of rotatable bonds is 4. The number of phenolic OH excluding ortho intramolecular Hbond substituents is 1. The van der Waals surface area contributed by atoms with Gasteiger partial charge in [0.2, 0.25) is 0 Å². The molecule has 0 atom stereocenters. The number of phenols is 1. The van der Waals surface area contributed by atoms with Crippen molar-refractivity contribution in [2.24, 2.45) is 0 Å². The lowest BCUT2D eigenvalue weighted by Crippen LogP contribution is -2.02. The molecule has 0 heterocycles. The van der Waals surface area contributed by atoms with Gasteiger partial charge in [0.05, 0.1) is 6.61 Å². The molecule has 14 heavy (non-hydrogen) atoms. The number of aromatic hydroxyl groups is 1. The number of Topliss-reactive ketones (excluding diaryl/α,β-unsaturated/α-hetero) is 1. The fourth-order valence-electron chi connectivity index (χ4n) is 1.36. The molecule has 1 aromatic carbocycles. The van der Waals surface area contributed by atoms with Crippen molar-refractivity contribution >= 4 is 5.78 Å². The van der Waals surface area contributed by atoms with Crippen LogP contribution in [0, 0.1) is 0 Å². The monoisotopic (exact) mass is 194 g/mol. The molecule has 0 aliphatic carbocycles. The van der Waals surface area contributed by atoms with Crippen LogP contribution in [0.5, 0.6) is 5.75 Å². The van der Waals surface area contributed by atoms with Crippen molar-refractivity contribution < 1.29 is 14.6 Å². The summed E-state index contributed by atoms with van der Waals surface area (Å²) in [6.45, 7) is 1.92. The normalized spacial score (nSPS) is 10.1. The fourth-order valence-corrected chi connectivity index (χ4v) is 1.36.